The van der Waals surface area contributed by atoms with E-state index in [4.69, 9.17) is 5.73 Å². The Hall–Kier alpha value is -3.74. The molecular formula is C24H25N7. The average molecular weight is 412 g/mol. The van der Waals surface area contributed by atoms with E-state index in [0.717, 1.165) is 49.9 Å². The minimum Gasteiger partial charge on any atom is -0.368 e. The maximum atomic E-state index is 5.90. The second kappa shape index (κ2) is 8.55. The normalized spacial score (nSPS) is 17.8. The molecule has 0 atom stereocenters. The van der Waals surface area contributed by atoms with Gasteiger partial charge < -0.3 is 5.73 Å². The van der Waals surface area contributed by atoms with Crippen molar-refractivity contribution < 1.29 is 0 Å². The number of nitrogens with two attached hydrogens (primary N) is 1. The molecule has 156 valence electrons. The summed E-state index contributed by atoms with van der Waals surface area (Å²) in [5, 5.41) is 9.13. The number of nitrogen functional groups attached to an aromatic ring is 1. The third-order valence-corrected chi connectivity index (χ3v) is 5.79. The molecule has 0 saturated heterocycles. The van der Waals surface area contributed by atoms with E-state index < -0.39 is 0 Å². The van der Waals surface area contributed by atoms with E-state index in [0.29, 0.717) is 11.6 Å². The second-order valence-electron chi connectivity index (χ2n) is 7.97. The molecule has 0 fully saturated rings. The van der Waals surface area contributed by atoms with Gasteiger partial charge in [-0.05, 0) is 47.9 Å². The van der Waals surface area contributed by atoms with Crippen LogP contribution in [-0.2, 0) is 25.7 Å². The number of fused-ring (bicyclic) bond motifs is 2. The topological polar surface area (TPSA) is 101 Å². The SMILES string of the molecule is Nc1nc(N/N=C2/CCc3ccccc3C2)cc(N/N=C2/CCc3ccccc3C2)n1. The molecule has 0 bridgehead atoms. The molecule has 3 aromatic rings. The van der Waals surface area contributed by atoms with Gasteiger partial charge in [-0.25, -0.2) is 0 Å². The van der Waals surface area contributed by atoms with Gasteiger partial charge in [0.15, 0.2) is 11.6 Å². The number of aromatic nitrogens is 2. The standard InChI is InChI=1S/C24H25N7/c25-24-26-22(30-28-20-11-9-16-5-1-3-7-18(16)13-20)15-23(27-24)31-29-21-12-10-17-6-2-4-8-19(17)14-21/h1-8,15H,9-14H2,(H4,25,26,27,30,31)/b28-20-,29-21-. The molecule has 0 unspecified atom stereocenters. The second-order valence-corrected chi connectivity index (χ2v) is 7.97. The molecule has 4 N–H and O–H groups in total. The van der Waals surface area contributed by atoms with Crippen LogP contribution in [0.2, 0.25) is 0 Å². The van der Waals surface area contributed by atoms with Crippen LogP contribution in [0.1, 0.15) is 35.1 Å². The van der Waals surface area contributed by atoms with Gasteiger partial charge in [0.1, 0.15) is 0 Å². The molecule has 5 rings (SSSR count). The Balaban J connectivity index is 1.26. The van der Waals surface area contributed by atoms with Crippen molar-refractivity contribution >= 4 is 29.0 Å². The van der Waals surface area contributed by atoms with Gasteiger partial charge in [-0.3, -0.25) is 10.9 Å². The zero-order valence-electron chi connectivity index (χ0n) is 17.3. The molecule has 7 heteroatoms. The van der Waals surface area contributed by atoms with Gasteiger partial charge in [0.25, 0.3) is 0 Å². The fourth-order valence-corrected chi connectivity index (χ4v) is 4.17. The monoisotopic (exact) mass is 411 g/mol. The number of nitrogens with one attached hydrogen (secondary N) is 2. The van der Waals surface area contributed by atoms with Crippen LogP contribution in [-0.4, -0.2) is 21.4 Å². The van der Waals surface area contributed by atoms with Crippen LogP contribution in [0.25, 0.3) is 0 Å². The molecule has 7 nitrogen and oxygen atoms in total. The number of hydrazone groups is 2. The van der Waals surface area contributed by atoms with Crippen molar-refractivity contribution in [3.8, 4) is 0 Å². The molecular weight excluding hydrogens is 386 g/mol. The van der Waals surface area contributed by atoms with E-state index in [9.17, 15) is 0 Å². The van der Waals surface area contributed by atoms with Gasteiger partial charge in [0, 0.05) is 30.3 Å². The van der Waals surface area contributed by atoms with Gasteiger partial charge in [0.2, 0.25) is 5.95 Å². The zero-order valence-corrected chi connectivity index (χ0v) is 17.3. The molecule has 0 spiro atoms. The molecule has 2 aromatic carbocycles. The Bertz CT molecular complexity index is 1080. The van der Waals surface area contributed by atoms with Gasteiger partial charge in [-0.2, -0.15) is 20.2 Å². The Morgan fingerprint density at radius 3 is 1.58 bits per heavy atom. The first-order valence-electron chi connectivity index (χ1n) is 10.6. The fourth-order valence-electron chi connectivity index (χ4n) is 4.17. The first kappa shape index (κ1) is 19.2. The summed E-state index contributed by atoms with van der Waals surface area (Å²) in [6, 6.07) is 18.8. The van der Waals surface area contributed by atoms with E-state index >= 15 is 0 Å². The number of anilines is 3. The summed E-state index contributed by atoms with van der Waals surface area (Å²) >= 11 is 0. The van der Waals surface area contributed by atoms with Crippen molar-refractivity contribution in [2.75, 3.05) is 16.6 Å². The molecule has 2 aliphatic carbocycles. The summed E-state index contributed by atoms with van der Waals surface area (Å²) in [5.41, 5.74) is 19.7. The largest absolute Gasteiger partial charge is 0.368 e. The fraction of sp³-hybridized carbons (Fsp3) is 0.250. The highest BCUT2D eigenvalue weighted by Crippen LogP contribution is 2.21. The Morgan fingerprint density at radius 2 is 1.10 bits per heavy atom. The highest BCUT2D eigenvalue weighted by molar-refractivity contribution is 5.89. The number of hydrogen-bond donors (Lipinski definition) is 3. The highest BCUT2D eigenvalue weighted by Gasteiger charge is 2.15. The summed E-state index contributed by atoms with van der Waals surface area (Å²) in [5.74, 6) is 1.28. The van der Waals surface area contributed by atoms with E-state index in [1.165, 1.54) is 22.3 Å². The third-order valence-electron chi connectivity index (χ3n) is 5.79. The number of nitrogens with zero attached hydrogens (tertiary/aromatic N) is 4. The number of rotatable bonds is 4. The van der Waals surface area contributed by atoms with Crippen molar-refractivity contribution in [2.24, 2.45) is 10.2 Å². The quantitative estimate of drug-likeness (QED) is 0.564. The minimum atomic E-state index is 0.177. The van der Waals surface area contributed by atoms with Crippen LogP contribution in [0.15, 0.2) is 64.8 Å². The summed E-state index contributed by atoms with van der Waals surface area (Å²) in [6.07, 6.45) is 5.59. The number of hydrogen-bond acceptors (Lipinski definition) is 7. The lowest BCUT2D eigenvalue weighted by molar-refractivity contribution is 0.938. The Morgan fingerprint density at radius 1 is 0.645 bits per heavy atom. The average Bonchev–Trinajstić information content (AvgIpc) is 2.81. The van der Waals surface area contributed by atoms with E-state index in [-0.39, 0.29) is 5.95 Å². The van der Waals surface area contributed by atoms with Crippen LogP contribution in [0.4, 0.5) is 17.6 Å². The van der Waals surface area contributed by atoms with Crippen LogP contribution >= 0.6 is 0 Å². The first-order valence-corrected chi connectivity index (χ1v) is 10.6. The van der Waals surface area contributed by atoms with E-state index in [1.807, 2.05) is 0 Å². The van der Waals surface area contributed by atoms with Gasteiger partial charge in [0.05, 0.1) is 0 Å². The van der Waals surface area contributed by atoms with E-state index in [2.05, 4.69) is 79.6 Å². The molecule has 1 heterocycles. The number of benzene rings is 2. The summed E-state index contributed by atoms with van der Waals surface area (Å²) < 4.78 is 0. The molecule has 1 aromatic heterocycles. The lowest BCUT2D eigenvalue weighted by Crippen LogP contribution is -2.16. The maximum Gasteiger partial charge on any atom is 0.224 e. The first-order chi connectivity index (χ1) is 15.2. The molecule has 0 radical (unpaired) electrons. The number of aryl methyl sites for hydroxylation is 2. The van der Waals surface area contributed by atoms with Crippen molar-refractivity contribution in [3.63, 3.8) is 0 Å². The molecule has 31 heavy (non-hydrogen) atoms. The maximum absolute atomic E-state index is 5.90. The van der Waals surface area contributed by atoms with Crippen molar-refractivity contribution in [1.29, 1.82) is 0 Å². The van der Waals surface area contributed by atoms with Crippen LogP contribution in [0.3, 0.4) is 0 Å². The van der Waals surface area contributed by atoms with Crippen molar-refractivity contribution in [2.45, 2.75) is 38.5 Å². The van der Waals surface area contributed by atoms with Crippen LogP contribution in [0, 0.1) is 0 Å². The lowest BCUT2D eigenvalue weighted by Gasteiger charge is -2.17. The van der Waals surface area contributed by atoms with Crippen LogP contribution in [0.5, 0.6) is 0 Å². The lowest BCUT2D eigenvalue weighted by atomic mass is 9.90. The Kier molecular flexibility index (Phi) is 5.31. The van der Waals surface area contributed by atoms with E-state index in [1.54, 1.807) is 6.07 Å². The van der Waals surface area contributed by atoms with Crippen molar-refractivity contribution in [1.82, 2.24) is 9.97 Å². The Labute approximate surface area is 181 Å². The van der Waals surface area contributed by atoms with Gasteiger partial charge >= 0.3 is 0 Å². The molecule has 2 aliphatic rings. The van der Waals surface area contributed by atoms with Crippen molar-refractivity contribution in [3.05, 3.63) is 76.9 Å². The predicted molar refractivity (Wildman–Crippen MR) is 125 cm³/mol. The highest BCUT2D eigenvalue weighted by atomic mass is 15.4. The molecule has 0 aliphatic heterocycles. The predicted octanol–water partition coefficient (Wildman–Crippen LogP) is 3.97. The molecule has 0 amide bonds. The summed E-state index contributed by atoms with van der Waals surface area (Å²) in [7, 11) is 0. The van der Waals surface area contributed by atoms with Crippen LogP contribution < -0.4 is 16.6 Å². The zero-order chi connectivity index (χ0) is 21.0. The van der Waals surface area contributed by atoms with Gasteiger partial charge in [-0.15, -0.1) is 0 Å². The van der Waals surface area contributed by atoms with Gasteiger partial charge in [-0.1, -0.05) is 48.5 Å². The summed E-state index contributed by atoms with van der Waals surface area (Å²) in [6.45, 7) is 0. The molecule has 0 saturated carbocycles. The third kappa shape index (κ3) is 4.55. The summed E-state index contributed by atoms with van der Waals surface area (Å²) in [4.78, 5) is 8.49. The smallest absolute Gasteiger partial charge is 0.224 e. The minimum absolute atomic E-state index is 0.177.